The quantitative estimate of drug-likeness (QED) is 0.569. The van der Waals surface area contributed by atoms with E-state index in [0.29, 0.717) is 11.7 Å². The first-order valence-electron chi connectivity index (χ1n) is 8.98. The van der Waals surface area contributed by atoms with E-state index in [1.807, 2.05) is 73.0 Å². The Hall–Kier alpha value is -3.11. The van der Waals surface area contributed by atoms with Gasteiger partial charge >= 0.3 is 0 Å². The monoisotopic (exact) mass is 391 g/mol. The Morgan fingerprint density at radius 3 is 2.64 bits per heavy atom. The van der Waals surface area contributed by atoms with Crippen LogP contribution in [0.15, 0.2) is 66.1 Å². The minimum atomic E-state index is -0.383. The third-order valence-corrected chi connectivity index (χ3v) is 5.35. The van der Waals surface area contributed by atoms with Gasteiger partial charge in [0, 0.05) is 12.2 Å². The summed E-state index contributed by atoms with van der Waals surface area (Å²) in [5.41, 5.74) is 2.87. The molecule has 142 valence electrons. The van der Waals surface area contributed by atoms with Gasteiger partial charge in [0.1, 0.15) is 6.33 Å². The van der Waals surface area contributed by atoms with Gasteiger partial charge in [-0.05, 0) is 37.6 Å². The van der Waals surface area contributed by atoms with E-state index in [2.05, 4.69) is 16.3 Å². The highest BCUT2D eigenvalue weighted by molar-refractivity contribution is 8.00. The molecule has 0 N–H and O–H groups in total. The largest absolute Gasteiger partial charge is 0.310 e. The van der Waals surface area contributed by atoms with Crippen molar-refractivity contribution in [3.05, 3.63) is 66.5 Å². The van der Waals surface area contributed by atoms with Crippen LogP contribution in [0.5, 0.6) is 0 Å². The molecule has 1 atom stereocenters. The first-order chi connectivity index (χ1) is 13.6. The lowest BCUT2D eigenvalue weighted by molar-refractivity contribution is -0.117. The van der Waals surface area contributed by atoms with E-state index in [4.69, 9.17) is 5.26 Å². The fraction of sp³-hybridized carbons (Fsp3) is 0.238. The fourth-order valence-electron chi connectivity index (χ4n) is 2.87. The van der Waals surface area contributed by atoms with Crippen LogP contribution in [0.3, 0.4) is 0 Å². The highest BCUT2D eigenvalue weighted by Crippen LogP contribution is 2.27. The molecule has 0 fully saturated rings. The van der Waals surface area contributed by atoms with Crippen molar-refractivity contribution in [1.29, 1.82) is 5.26 Å². The van der Waals surface area contributed by atoms with Gasteiger partial charge in [0.15, 0.2) is 5.16 Å². The number of rotatable bonds is 7. The summed E-state index contributed by atoms with van der Waals surface area (Å²) < 4.78 is 1.89. The molecule has 1 heterocycles. The summed E-state index contributed by atoms with van der Waals surface area (Å²) in [5.74, 6) is -0.0641. The lowest BCUT2D eigenvalue weighted by atomic mass is 10.2. The molecule has 3 rings (SSSR count). The molecule has 2 aromatic carbocycles. The number of amides is 1. The van der Waals surface area contributed by atoms with Crippen molar-refractivity contribution in [2.75, 3.05) is 11.4 Å². The number of hydrogen-bond donors (Lipinski definition) is 0. The standard InChI is InChI=1S/C21H21N5OS/c1-16-9-6-7-12-19(16)26-15-23-24-21(26)28-17(2)20(27)25(14-8-13-22)18-10-4-3-5-11-18/h3-7,9-12,15,17H,8,14H2,1-2H3/t17-/m0/s1. The topological polar surface area (TPSA) is 74.8 Å². The highest BCUT2D eigenvalue weighted by Gasteiger charge is 2.24. The van der Waals surface area contributed by atoms with E-state index in [1.165, 1.54) is 11.8 Å². The van der Waals surface area contributed by atoms with Crippen LogP contribution in [0.1, 0.15) is 18.9 Å². The Morgan fingerprint density at radius 2 is 1.93 bits per heavy atom. The Morgan fingerprint density at radius 1 is 1.21 bits per heavy atom. The molecule has 0 unspecified atom stereocenters. The van der Waals surface area contributed by atoms with Crippen LogP contribution in [0.25, 0.3) is 5.69 Å². The molecule has 0 saturated carbocycles. The summed E-state index contributed by atoms with van der Waals surface area (Å²) in [6, 6.07) is 19.5. The SMILES string of the molecule is Cc1ccccc1-n1cnnc1S[C@@H](C)C(=O)N(CCC#N)c1ccccc1. The number of para-hydroxylation sites is 2. The van der Waals surface area contributed by atoms with Crippen LogP contribution in [-0.4, -0.2) is 32.5 Å². The van der Waals surface area contributed by atoms with Gasteiger partial charge in [0.05, 0.1) is 23.4 Å². The summed E-state index contributed by atoms with van der Waals surface area (Å²) in [6.45, 7) is 4.23. The third-order valence-electron chi connectivity index (χ3n) is 4.30. The molecule has 7 heteroatoms. The number of benzene rings is 2. The van der Waals surface area contributed by atoms with Crippen LogP contribution in [0, 0.1) is 18.3 Å². The minimum absolute atomic E-state index is 0.0641. The van der Waals surface area contributed by atoms with Crippen molar-refractivity contribution in [3.8, 4) is 11.8 Å². The molecule has 1 amide bonds. The van der Waals surface area contributed by atoms with E-state index >= 15 is 0 Å². The number of nitrogens with zero attached hydrogens (tertiary/aromatic N) is 5. The second-order valence-corrected chi connectivity index (χ2v) is 7.57. The number of aromatic nitrogens is 3. The number of anilines is 1. The zero-order valence-corrected chi connectivity index (χ0v) is 16.6. The van der Waals surface area contributed by atoms with Crippen molar-refractivity contribution in [2.24, 2.45) is 0 Å². The Kier molecular flexibility index (Phi) is 6.45. The molecule has 0 radical (unpaired) electrons. The highest BCUT2D eigenvalue weighted by atomic mass is 32.2. The van der Waals surface area contributed by atoms with Gasteiger partial charge in [-0.25, -0.2) is 0 Å². The second-order valence-electron chi connectivity index (χ2n) is 6.26. The van der Waals surface area contributed by atoms with Crippen molar-refractivity contribution in [3.63, 3.8) is 0 Å². The van der Waals surface area contributed by atoms with Crippen molar-refractivity contribution >= 4 is 23.4 Å². The maximum absolute atomic E-state index is 13.1. The predicted molar refractivity (Wildman–Crippen MR) is 110 cm³/mol. The summed E-state index contributed by atoms with van der Waals surface area (Å²) >= 11 is 1.36. The smallest absolute Gasteiger partial charge is 0.240 e. The average Bonchev–Trinajstić information content (AvgIpc) is 3.17. The van der Waals surface area contributed by atoms with Crippen molar-refractivity contribution in [2.45, 2.75) is 30.7 Å². The third kappa shape index (κ3) is 4.41. The molecule has 0 bridgehead atoms. The number of thioether (sulfide) groups is 1. The summed E-state index contributed by atoms with van der Waals surface area (Å²) in [7, 11) is 0. The lowest BCUT2D eigenvalue weighted by Gasteiger charge is -2.24. The van der Waals surface area contributed by atoms with Crippen molar-refractivity contribution in [1.82, 2.24) is 14.8 Å². The van der Waals surface area contributed by atoms with E-state index < -0.39 is 0 Å². The van der Waals surface area contributed by atoms with Gasteiger partial charge in [-0.1, -0.05) is 48.2 Å². The minimum Gasteiger partial charge on any atom is -0.310 e. The number of nitriles is 1. The van der Waals surface area contributed by atoms with Gasteiger partial charge in [-0.3, -0.25) is 9.36 Å². The number of carbonyl (C=O) groups excluding carboxylic acids is 1. The van der Waals surface area contributed by atoms with E-state index in [9.17, 15) is 4.79 Å². The normalized spacial score (nSPS) is 11.6. The van der Waals surface area contributed by atoms with Crippen LogP contribution in [0.2, 0.25) is 0 Å². The number of hydrogen-bond acceptors (Lipinski definition) is 5. The second kappa shape index (κ2) is 9.20. The molecular weight excluding hydrogens is 370 g/mol. The molecule has 0 aliphatic heterocycles. The molecule has 0 spiro atoms. The number of carbonyl (C=O) groups is 1. The fourth-order valence-corrected chi connectivity index (χ4v) is 3.77. The van der Waals surface area contributed by atoms with Gasteiger partial charge in [0.25, 0.3) is 0 Å². The van der Waals surface area contributed by atoms with Crippen LogP contribution in [0.4, 0.5) is 5.69 Å². The Labute approximate surface area is 168 Å². The first-order valence-corrected chi connectivity index (χ1v) is 9.86. The van der Waals surface area contributed by atoms with Gasteiger partial charge in [-0.2, -0.15) is 5.26 Å². The molecule has 3 aromatic rings. The van der Waals surface area contributed by atoms with Crippen LogP contribution < -0.4 is 4.90 Å². The van der Waals surface area contributed by atoms with E-state index in [-0.39, 0.29) is 17.6 Å². The summed E-state index contributed by atoms with van der Waals surface area (Å²) in [4.78, 5) is 14.8. The zero-order chi connectivity index (χ0) is 19.9. The maximum Gasteiger partial charge on any atom is 0.240 e. The van der Waals surface area contributed by atoms with Crippen LogP contribution >= 0.6 is 11.8 Å². The average molecular weight is 392 g/mol. The maximum atomic E-state index is 13.1. The molecule has 0 aliphatic carbocycles. The van der Waals surface area contributed by atoms with Crippen molar-refractivity contribution < 1.29 is 4.79 Å². The Bertz CT molecular complexity index is 980. The zero-order valence-electron chi connectivity index (χ0n) is 15.8. The molecule has 28 heavy (non-hydrogen) atoms. The first kappa shape index (κ1) is 19.6. The molecule has 6 nitrogen and oxygen atoms in total. The van der Waals surface area contributed by atoms with Gasteiger partial charge in [-0.15, -0.1) is 10.2 Å². The molecular formula is C21H21N5OS. The Balaban J connectivity index is 1.82. The van der Waals surface area contributed by atoms with Gasteiger partial charge < -0.3 is 4.90 Å². The van der Waals surface area contributed by atoms with E-state index in [1.54, 1.807) is 11.2 Å². The molecule has 0 aliphatic rings. The summed E-state index contributed by atoms with van der Waals surface area (Å²) in [5, 5.41) is 17.5. The lowest BCUT2D eigenvalue weighted by Crippen LogP contribution is -2.37. The van der Waals surface area contributed by atoms with Crippen LogP contribution in [-0.2, 0) is 4.79 Å². The number of aryl methyl sites for hydroxylation is 1. The predicted octanol–water partition coefficient (Wildman–Crippen LogP) is 4.00. The molecule has 0 saturated heterocycles. The van der Waals surface area contributed by atoms with E-state index in [0.717, 1.165) is 16.9 Å². The molecule has 1 aromatic heterocycles. The summed E-state index contributed by atoms with van der Waals surface area (Å²) in [6.07, 6.45) is 1.93. The van der Waals surface area contributed by atoms with Gasteiger partial charge in [0.2, 0.25) is 5.91 Å².